The zero-order valence-electron chi connectivity index (χ0n) is 13.5. The number of amides is 1. The molecular weight excluding hydrogens is 326 g/mol. The van der Waals surface area contributed by atoms with Crippen molar-refractivity contribution in [1.82, 2.24) is 5.32 Å². The maximum Gasteiger partial charge on any atom is 0.338 e. The van der Waals surface area contributed by atoms with E-state index in [1.807, 2.05) is 25.1 Å². The summed E-state index contributed by atoms with van der Waals surface area (Å²) >= 11 is 5.76. The van der Waals surface area contributed by atoms with Crippen LogP contribution in [-0.4, -0.2) is 24.5 Å². The van der Waals surface area contributed by atoms with Gasteiger partial charge in [-0.15, -0.1) is 0 Å². The van der Waals surface area contributed by atoms with Crippen LogP contribution in [0.1, 0.15) is 29.3 Å². The quantitative estimate of drug-likeness (QED) is 0.779. The van der Waals surface area contributed by atoms with Gasteiger partial charge in [0.15, 0.2) is 6.61 Å². The average molecular weight is 346 g/mol. The number of ether oxygens (including phenoxy) is 1. The molecule has 1 atom stereocenters. The summed E-state index contributed by atoms with van der Waals surface area (Å²) in [5.74, 6) is -0.850. The molecule has 2 aromatic rings. The first-order valence-electron chi connectivity index (χ1n) is 7.80. The second-order valence-electron chi connectivity index (χ2n) is 5.58. The van der Waals surface area contributed by atoms with E-state index >= 15 is 0 Å². The van der Waals surface area contributed by atoms with Gasteiger partial charge < -0.3 is 10.1 Å². The van der Waals surface area contributed by atoms with E-state index in [0.29, 0.717) is 10.6 Å². The Hall–Kier alpha value is -2.33. The molecule has 2 aromatic carbocycles. The first-order valence-corrected chi connectivity index (χ1v) is 8.18. The van der Waals surface area contributed by atoms with Gasteiger partial charge in [-0.05, 0) is 49.6 Å². The number of benzene rings is 2. The van der Waals surface area contributed by atoms with E-state index in [1.165, 1.54) is 5.56 Å². The number of aryl methyl sites for hydroxylation is 1. The van der Waals surface area contributed by atoms with Crippen LogP contribution in [0, 0.1) is 0 Å². The van der Waals surface area contributed by atoms with Gasteiger partial charge in [-0.2, -0.15) is 0 Å². The number of halogens is 1. The zero-order valence-corrected chi connectivity index (χ0v) is 14.3. The molecule has 0 aromatic heterocycles. The highest BCUT2D eigenvalue weighted by Gasteiger charge is 2.12. The highest BCUT2D eigenvalue weighted by Crippen LogP contribution is 2.10. The molecule has 1 N–H and O–H groups in total. The fraction of sp³-hybridized carbons (Fsp3) is 0.263. The summed E-state index contributed by atoms with van der Waals surface area (Å²) in [4.78, 5) is 23.7. The summed E-state index contributed by atoms with van der Waals surface area (Å²) in [6.07, 6.45) is 1.70. The van der Waals surface area contributed by atoms with Crippen LogP contribution in [-0.2, 0) is 16.0 Å². The zero-order chi connectivity index (χ0) is 17.4. The van der Waals surface area contributed by atoms with E-state index in [2.05, 4.69) is 17.4 Å². The topological polar surface area (TPSA) is 55.4 Å². The third kappa shape index (κ3) is 6.05. The summed E-state index contributed by atoms with van der Waals surface area (Å²) in [6.45, 7) is 1.64. The Kier molecular flexibility index (Phi) is 6.82. The third-order valence-corrected chi connectivity index (χ3v) is 3.78. The predicted octanol–water partition coefficient (Wildman–Crippen LogP) is 3.63. The van der Waals surface area contributed by atoms with Crippen LogP contribution in [0.5, 0.6) is 0 Å². The van der Waals surface area contributed by atoms with Crippen molar-refractivity contribution in [2.24, 2.45) is 0 Å². The summed E-state index contributed by atoms with van der Waals surface area (Å²) < 4.78 is 5.00. The summed E-state index contributed by atoms with van der Waals surface area (Å²) in [5, 5.41) is 3.37. The van der Waals surface area contributed by atoms with E-state index in [0.717, 1.165) is 12.8 Å². The van der Waals surface area contributed by atoms with Gasteiger partial charge in [0.05, 0.1) is 5.56 Å². The van der Waals surface area contributed by atoms with Gasteiger partial charge in [0.25, 0.3) is 5.91 Å². The van der Waals surface area contributed by atoms with Crippen LogP contribution < -0.4 is 5.32 Å². The molecule has 126 valence electrons. The molecule has 0 heterocycles. The number of nitrogens with one attached hydrogen (secondary N) is 1. The fourth-order valence-corrected chi connectivity index (χ4v) is 2.34. The predicted molar refractivity (Wildman–Crippen MR) is 94.1 cm³/mol. The highest BCUT2D eigenvalue weighted by molar-refractivity contribution is 6.30. The smallest absolute Gasteiger partial charge is 0.338 e. The maximum absolute atomic E-state index is 11.8. The van der Waals surface area contributed by atoms with Gasteiger partial charge in [-0.25, -0.2) is 4.79 Å². The average Bonchev–Trinajstić information content (AvgIpc) is 2.59. The van der Waals surface area contributed by atoms with Crippen molar-refractivity contribution in [3.63, 3.8) is 0 Å². The van der Waals surface area contributed by atoms with Crippen molar-refractivity contribution in [3.05, 3.63) is 70.7 Å². The first-order chi connectivity index (χ1) is 11.5. The monoisotopic (exact) mass is 345 g/mol. The van der Waals surface area contributed by atoms with Crippen LogP contribution in [0.25, 0.3) is 0 Å². The maximum atomic E-state index is 11.8. The summed E-state index contributed by atoms with van der Waals surface area (Å²) in [5.41, 5.74) is 1.59. The van der Waals surface area contributed by atoms with Gasteiger partial charge in [-0.3, -0.25) is 4.79 Å². The minimum atomic E-state index is -0.543. The Morgan fingerprint density at radius 1 is 1.08 bits per heavy atom. The van der Waals surface area contributed by atoms with Crippen molar-refractivity contribution < 1.29 is 14.3 Å². The third-order valence-electron chi connectivity index (χ3n) is 3.53. The van der Waals surface area contributed by atoms with Gasteiger partial charge in [0.2, 0.25) is 0 Å². The van der Waals surface area contributed by atoms with Gasteiger partial charge in [0.1, 0.15) is 0 Å². The number of carbonyl (C=O) groups is 2. The molecule has 0 aliphatic carbocycles. The first kappa shape index (κ1) is 18.0. The number of hydrogen-bond acceptors (Lipinski definition) is 3. The molecule has 24 heavy (non-hydrogen) atoms. The second kappa shape index (κ2) is 9.08. The van der Waals surface area contributed by atoms with E-state index < -0.39 is 5.97 Å². The standard InChI is InChI=1S/C19H20ClNO3/c1-14(7-8-15-5-3-2-4-6-15)21-18(22)13-24-19(23)16-9-11-17(20)12-10-16/h2-6,9-12,14H,7-8,13H2,1H3,(H,21,22). The lowest BCUT2D eigenvalue weighted by atomic mass is 10.1. The Morgan fingerprint density at radius 3 is 2.42 bits per heavy atom. The van der Waals surface area contributed by atoms with Crippen molar-refractivity contribution in [2.75, 3.05) is 6.61 Å². The Balaban J connectivity index is 1.70. The molecule has 0 spiro atoms. The van der Waals surface area contributed by atoms with Crippen molar-refractivity contribution in [2.45, 2.75) is 25.8 Å². The van der Waals surface area contributed by atoms with E-state index in [9.17, 15) is 9.59 Å². The van der Waals surface area contributed by atoms with Crippen molar-refractivity contribution in [1.29, 1.82) is 0 Å². The molecular formula is C19H20ClNO3. The fourth-order valence-electron chi connectivity index (χ4n) is 2.22. The number of rotatable bonds is 7. The van der Waals surface area contributed by atoms with Gasteiger partial charge in [0, 0.05) is 11.1 Å². The van der Waals surface area contributed by atoms with Gasteiger partial charge >= 0.3 is 5.97 Å². The summed E-state index contributed by atoms with van der Waals surface area (Å²) in [7, 11) is 0. The normalized spacial score (nSPS) is 11.6. The lowest BCUT2D eigenvalue weighted by Crippen LogP contribution is -2.36. The molecule has 1 unspecified atom stereocenters. The molecule has 5 heteroatoms. The minimum Gasteiger partial charge on any atom is -0.452 e. The molecule has 0 saturated carbocycles. The minimum absolute atomic E-state index is 0.00643. The molecule has 0 bridgehead atoms. The van der Waals surface area contributed by atoms with E-state index in [4.69, 9.17) is 16.3 Å². The number of carbonyl (C=O) groups excluding carboxylic acids is 2. The molecule has 4 nitrogen and oxygen atoms in total. The number of esters is 1. The SMILES string of the molecule is CC(CCc1ccccc1)NC(=O)COC(=O)c1ccc(Cl)cc1. The van der Waals surface area contributed by atoms with E-state index in [-0.39, 0.29) is 18.6 Å². The molecule has 0 fully saturated rings. The lowest BCUT2D eigenvalue weighted by Gasteiger charge is -2.14. The van der Waals surface area contributed by atoms with Gasteiger partial charge in [-0.1, -0.05) is 41.9 Å². The molecule has 0 saturated heterocycles. The molecule has 0 aliphatic rings. The Morgan fingerprint density at radius 2 is 1.75 bits per heavy atom. The Bertz CT molecular complexity index is 671. The largest absolute Gasteiger partial charge is 0.452 e. The summed E-state index contributed by atoms with van der Waals surface area (Å²) in [6, 6.07) is 16.4. The molecule has 1 amide bonds. The van der Waals surface area contributed by atoms with E-state index in [1.54, 1.807) is 24.3 Å². The molecule has 2 rings (SSSR count). The van der Waals surface area contributed by atoms with Crippen LogP contribution in [0.2, 0.25) is 5.02 Å². The van der Waals surface area contributed by atoms with Crippen molar-refractivity contribution >= 4 is 23.5 Å². The van der Waals surface area contributed by atoms with Crippen LogP contribution in [0.4, 0.5) is 0 Å². The van der Waals surface area contributed by atoms with Crippen LogP contribution in [0.3, 0.4) is 0 Å². The lowest BCUT2D eigenvalue weighted by molar-refractivity contribution is -0.124. The molecule has 0 radical (unpaired) electrons. The Labute approximate surface area is 146 Å². The number of hydrogen-bond donors (Lipinski definition) is 1. The highest BCUT2D eigenvalue weighted by atomic mass is 35.5. The van der Waals surface area contributed by atoms with Crippen LogP contribution in [0.15, 0.2) is 54.6 Å². The molecule has 0 aliphatic heterocycles. The van der Waals surface area contributed by atoms with Crippen LogP contribution >= 0.6 is 11.6 Å². The second-order valence-corrected chi connectivity index (χ2v) is 6.01. The van der Waals surface area contributed by atoms with Crippen molar-refractivity contribution in [3.8, 4) is 0 Å².